The molecule has 3 heteroatoms. The molecule has 0 saturated heterocycles. The highest BCUT2D eigenvalue weighted by Gasteiger charge is 2.24. The van der Waals surface area contributed by atoms with Crippen LogP contribution in [0.15, 0.2) is 0 Å². The highest BCUT2D eigenvalue weighted by atomic mass is 16.3. The maximum atomic E-state index is 11.3. The second kappa shape index (κ2) is 4.61. The number of hydrogen-bond donors (Lipinski definition) is 2. The molecular formula is C10H19NO2. The van der Waals surface area contributed by atoms with Crippen LogP contribution in [-0.4, -0.2) is 23.2 Å². The molecule has 0 radical (unpaired) electrons. The highest BCUT2D eigenvalue weighted by Crippen LogP contribution is 2.18. The van der Waals surface area contributed by atoms with Gasteiger partial charge in [0.15, 0.2) is 0 Å². The predicted octanol–water partition coefficient (Wildman–Crippen LogP) is 1.06. The van der Waals surface area contributed by atoms with Crippen molar-refractivity contribution in [2.75, 3.05) is 0 Å². The van der Waals surface area contributed by atoms with Crippen LogP contribution in [0.1, 0.15) is 39.5 Å². The molecule has 1 saturated carbocycles. The van der Waals surface area contributed by atoms with Crippen LogP contribution in [-0.2, 0) is 4.79 Å². The summed E-state index contributed by atoms with van der Waals surface area (Å²) in [4.78, 5) is 11.3. The topological polar surface area (TPSA) is 49.3 Å². The minimum atomic E-state index is -0.337. The molecule has 0 aromatic rings. The number of hydrogen-bond acceptors (Lipinski definition) is 2. The van der Waals surface area contributed by atoms with Gasteiger partial charge in [0.25, 0.3) is 0 Å². The minimum Gasteiger partial charge on any atom is -0.391 e. The van der Waals surface area contributed by atoms with Gasteiger partial charge in [-0.05, 0) is 12.8 Å². The summed E-state index contributed by atoms with van der Waals surface area (Å²) in [6.07, 6.45) is 3.59. The van der Waals surface area contributed by atoms with Gasteiger partial charge in [0.2, 0.25) is 5.91 Å². The lowest BCUT2D eigenvalue weighted by Gasteiger charge is -2.28. The Kier molecular flexibility index (Phi) is 3.72. The lowest BCUT2D eigenvalue weighted by atomic mass is 9.92. The molecule has 1 fully saturated rings. The smallest absolute Gasteiger partial charge is 0.222 e. The summed E-state index contributed by atoms with van der Waals surface area (Å²) >= 11 is 0. The van der Waals surface area contributed by atoms with E-state index < -0.39 is 0 Å². The summed E-state index contributed by atoms with van der Waals surface area (Å²) in [5.74, 6) is 0.0556. The van der Waals surface area contributed by atoms with Crippen LogP contribution in [0.3, 0.4) is 0 Å². The van der Waals surface area contributed by atoms with Crippen molar-refractivity contribution in [3.8, 4) is 0 Å². The van der Waals surface area contributed by atoms with E-state index in [-0.39, 0.29) is 24.0 Å². The van der Waals surface area contributed by atoms with Crippen molar-refractivity contribution in [2.24, 2.45) is 5.92 Å². The Bertz CT molecular complexity index is 180. The quantitative estimate of drug-likeness (QED) is 0.676. The number of amides is 1. The van der Waals surface area contributed by atoms with Crippen LogP contribution in [0.5, 0.6) is 0 Å². The molecule has 1 aliphatic rings. The average molecular weight is 185 g/mol. The first kappa shape index (κ1) is 10.5. The van der Waals surface area contributed by atoms with Crippen LogP contribution < -0.4 is 5.32 Å². The lowest BCUT2D eigenvalue weighted by molar-refractivity contribution is -0.125. The van der Waals surface area contributed by atoms with E-state index in [1.807, 2.05) is 13.8 Å². The Morgan fingerprint density at radius 3 is 2.54 bits per heavy atom. The number of nitrogens with one attached hydrogen (secondary N) is 1. The third-order valence-electron chi connectivity index (χ3n) is 2.58. The number of carbonyl (C=O) groups is 1. The number of carbonyl (C=O) groups excluding carboxylic acids is 1. The fourth-order valence-electron chi connectivity index (χ4n) is 1.63. The molecule has 1 aliphatic carbocycles. The lowest BCUT2D eigenvalue weighted by Crippen LogP contribution is -2.46. The zero-order chi connectivity index (χ0) is 9.84. The van der Waals surface area contributed by atoms with Gasteiger partial charge in [0.1, 0.15) is 0 Å². The predicted molar refractivity (Wildman–Crippen MR) is 51.2 cm³/mol. The molecule has 0 heterocycles. The summed E-state index contributed by atoms with van der Waals surface area (Å²) in [6, 6.07) is -0.0105. The molecule has 3 nitrogen and oxygen atoms in total. The van der Waals surface area contributed by atoms with E-state index in [1.54, 1.807) is 0 Å². The van der Waals surface area contributed by atoms with E-state index in [4.69, 9.17) is 0 Å². The third kappa shape index (κ3) is 2.99. The maximum Gasteiger partial charge on any atom is 0.222 e. The standard InChI is InChI=1S/C10H19NO2/c1-7(2)10(13)11-8-5-3-4-6-9(8)12/h7-9,12H,3-6H2,1-2H3,(H,11,13). The van der Waals surface area contributed by atoms with Crippen molar-refractivity contribution in [3.05, 3.63) is 0 Å². The van der Waals surface area contributed by atoms with Crippen LogP contribution in [0, 0.1) is 5.92 Å². The van der Waals surface area contributed by atoms with Gasteiger partial charge in [-0.25, -0.2) is 0 Å². The number of aliphatic hydroxyl groups is 1. The molecule has 0 aromatic carbocycles. The Morgan fingerprint density at radius 2 is 2.00 bits per heavy atom. The first-order valence-electron chi connectivity index (χ1n) is 5.09. The largest absolute Gasteiger partial charge is 0.391 e. The van der Waals surface area contributed by atoms with E-state index in [9.17, 15) is 9.90 Å². The van der Waals surface area contributed by atoms with Gasteiger partial charge in [-0.2, -0.15) is 0 Å². The van der Waals surface area contributed by atoms with Gasteiger partial charge in [-0.15, -0.1) is 0 Å². The summed E-state index contributed by atoms with van der Waals surface area (Å²) in [6.45, 7) is 3.73. The van der Waals surface area contributed by atoms with Crippen molar-refractivity contribution in [3.63, 3.8) is 0 Å². The molecule has 0 spiro atoms. The molecule has 0 bridgehead atoms. The van der Waals surface area contributed by atoms with E-state index in [2.05, 4.69) is 5.32 Å². The molecule has 13 heavy (non-hydrogen) atoms. The van der Waals surface area contributed by atoms with Gasteiger partial charge in [0.05, 0.1) is 12.1 Å². The average Bonchev–Trinajstić information content (AvgIpc) is 2.08. The van der Waals surface area contributed by atoms with Crippen molar-refractivity contribution < 1.29 is 9.90 Å². The van der Waals surface area contributed by atoms with Crippen LogP contribution in [0.2, 0.25) is 0 Å². The summed E-state index contributed by atoms with van der Waals surface area (Å²) in [7, 11) is 0. The molecule has 0 aliphatic heterocycles. The van der Waals surface area contributed by atoms with Crippen molar-refractivity contribution in [1.29, 1.82) is 0 Å². The van der Waals surface area contributed by atoms with Crippen molar-refractivity contribution >= 4 is 5.91 Å². The summed E-state index contributed by atoms with van der Waals surface area (Å²) in [5.41, 5.74) is 0. The van der Waals surface area contributed by atoms with Gasteiger partial charge in [0, 0.05) is 5.92 Å². The van der Waals surface area contributed by atoms with Gasteiger partial charge in [-0.3, -0.25) is 4.79 Å². The Labute approximate surface area is 79.5 Å². The van der Waals surface area contributed by atoms with E-state index in [0.29, 0.717) is 0 Å². The van der Waals surface area contributed by atoms with Gasteiger partial charge >= 0.3 is 0 Å². The van der Waals surface area contributed by atoms with Gasteiger partial charge in [-0.1, -0.05) is 26.7 Å². The van der Waals surface area contributed by atoms with Gasteiger partial charge < -0.3 is 10.4 Å². The number of aliphatic hydroxyl groups excluding tert-OH is 1. The number of rotatable bonds is 2. The van der Waals surface area contributed by atoms with E-state index in [1.165, 1.54) is 0 Å². The van der Waals surface area contributed by atoms with E-state index >= 15 is 0 Å². The second-order valence-electron chi connectivity index (χ2n) is 4.12. The normalized spacial score (nSPS) is 28.9. The Hall–Kier alpha value is -0.570. The second-order valence-corrected chi connectivity index (χ2v) is 4.12. The Balaban J connectivity index is 2.38. The highest BCUT2D eigenvalue weighted by molar-refractivity contribution is 5.78. The fourth-order valence-corrected chi connectivity index (χ4v) is 1.63. The first-order chi connectivity index (χ1) is 6.11. The molecular weight excluding hydrogens is 166 g/mol. The maximum absolute atomic E-state index is 11.3. The Morgan fingerprint density at radius 1 is 1.38 bits per heavy atom. The SMILES string of the molecule is CC(C)C(=O)NC1CCCCC1O. The molecule has 2 unspecified atom stereocenters. The summed E-state index contributed by atoms with van der Waals surface area (Å²) < 4.78 is 0. The first-order valence-corrected chi connectivity index (χ1v) is 5.09. The summed E-state index contributed by atoms with van der Waals surface area (Å²) in [5, 5.41) is 12.5. The minimum absolute atomic E-state index is 0.00845. The molecule has 76 valence electrons. The van der Waals surface area contributed by atoms with Crippen LogP contribution >= 0.6 is 0 Å². The van der Waals surface area contributed by atoms with Crippen molar-refractivity contribution in [1.82, 2.24) is 5.32 Å². The van der Waals surface area contributed by atoms with Crippen LogP contribution in [0.25, 0.3) is 0 Å². The molecule has 2 N–H and O–H groups in total. The zero-order valence-corrected chi connectivity index (χ0v) is 8.42. The molecule has 1 rings (SSSR count). The van der Waals surface area contributed by atoms with Crippen LogP contribution in [0.4, 0.5) is 0 Å². The molecule has 1 amide bonds. The zero-order valence-electron chi connectivity index (χ0n) is 8.42. The molecule has 2 atom stereocenters. The third-order valence-corrected chi connectivity index (χ3v) is 2.58. The fraction of sp³-hybridized carbons (Fsp3) is 0.900. The molecule has 0 aromatic heterocycles. The van der Waals surface area contributed by atoms with Crippen molar-refractivity contribution in [2.45, 2.75) is 51.7 Å². The monoisotopic (exact) mass is 185 g/mol. The van der Waals surface area contributed by atoms with E-state index in [0.717, 1.165) is 25.7 Å².